The van der Waals surface area contributed by atoms with Crippen LogP contribution in [-0.2, 0) is 33.7 Å². The highest BCUT2D eigenvalue weighted by Crippen LogP contribution is 2.36. The van der Waals surface area contributed by atoms with Crippen LogP contribution < -0.4 is 4.90 Å². The van der Waals surface area contributed by atoms with E-state index in [1.54, 1.807) is 6.92 Å². The minimum Gasteiger partial charge on any atom is -0.466 e. The van der Waals surface area contributed by atoms with Crippen molar-refractivity contribution in [3.63, 3.8) is 0 Å². The Labute approximate surface area is 248 Å². The van der Waals surface area contributed by atoms with Gasteiger partial charge in [-0.15, -0.1) is 0 Å². The Balaban J connectivity index is 1.39. The molecule has 0 saturated carbocycles. The Morgan fingerprint density at radius 1 is 0.952 bits per heavy atom. The van der Waals surface area contributed by atoms with Crippen LogP contribution in [0.15, 0.2) is 72.9 Å². The summed E-state index contributed by atoms with van der Waals surface area (Å²) in [7, 11) is 0. The summed E-state index contributed by atoms with van der Waals surface area (Å²) >= 11 is 0. The van der Waals surface area contributed by atoms with Crippen LogP contribution in [0.2, 0.25) is 0 Å². The van der Waals surface area contributed by atoms with Crippen molar-refractivity contribution in [3.05, 3.63) is 101 Å². The summed E-state index contributed by atoms with van der Waals surface area (Å²) < 4.78 is 7.11. The summed E-state index contributed by atoms with van der Waals surface area (Å²) in [6.07, 6.45) is 4.93. The zero-order valence-electron chi connectivity index (χ0n) is 25.1. The number of aryl methyl sites for hydroxylation is 2. The molecule has 6 heteroatoms. The lowest BCUT2D eigenvalue weighted by atomic mass is 9.93. The van der Waals surface area contributed by atoms with E-state index in [1.807, 2.05) is 53.6 Å². The van der Waals surface area contributed by atoms with Gasteiger partial charge in [0.2, 0.25) is 5.91 Å². The Morgan fingerprint density at radius 3 is 2.45 bits per heavy atom. The Bertz CT molecular complexity index is 1600. The quantitative estimate of drug-likeness (QED) is 0.140. The number of nitrogens with zero attached hydrogens (tertiary/aromatic N) is 2. The fourth-order valence-electron chi connectivity index (χ4n) is 6.03. The minimum atomic E-state index is -0.204. The number of ether oxygens (including phenoxy) is 1. The molecule has 1 aliphatic heterocycles. The molecule has 0 radical (unpaired) electrons. The Morgan fingerprint density at radius 2 is 1.71 bits per heavy atom. The van der Waals surface area contributed by atoms with E-state index in [0.29, 0.717) is 55.9 Å². The molecule has 5 rings (SSSR count). The largest absolute Gasteiger partial charge is 0.466 e. The monoisotopic (exact) mass is 564 g/mol. The number of esters is 1. The highest BCUT2D eigenvalue weighted by Gasteiger charge is 2.30. The van der Waals surface area contributed by atoms with E-state index in [4.69, 9.17) is 4.74 Å². The number of hydrogen-bond acceptors (Lipinski definition) is 4. The molecule has 1 aliphatic rings. The lowest BCUT2D eigenvalue weighted by Crippen LogP contribution is -2.37. The highest BCUT2D eigenvalue weighted by atomic mass is 16.5. The van der Waals surface area contributed by atoms with Gasteiger partial charge < -0.3 is 14.2 Å². The molecule has 0 N–H and O–H groups in total. The van der Waals surface area contributed by atoms with E-state index >= 15 is 0 Å². The van der Waals surface area contributed by atoms with E-state index in [2.05, 4.69) is 49.6 Å². The molecule has 0 bridgehead atoms. The number of aromatic nitrogens is 1. The predicted octanol–water partition coefficient (Wildman–Crippen LogP) is 7.45. The second-order valence-electron chi connectivity index (χ2n) is 11.6. The molecule has 0 saturated heterocycles. The number of hydrogen-bond donors (Lipinski definition) is 0. The van der Waals surface area contributed by atoms with Crippen molar-refractivity contribution in [2.75, 3.05) is 11.5 Å². The summed E-state index contributed by atoms with van der Waals surface area (Å²) in [5.74, 6) is 0.444. The van der Waals surface area contributed by atoms with E-state index < -0.39 is 0 Å². The van der Waals surface area contributed by atoms with E-state index in [-0.39, 0.29) is 23.7 Å². The van der Waals surface area contributed by atoms with Gasteiger partial charge in [0, 0.05) is 53.3 Å². The molecule has 1 amide bonds. The lowest BCUT2D eigenvalue weighted by Gasteiger charge is -2.35. The van der Waals surface area contributed by atoms with Crippen molar-refractivity contribution in [2.24, 2.45) is 5.92 Å². The summed E-state index contributed by atoms with van der Waals surface area (Å²) in [6, 6.07) is 22.1. The molecule has 4 aromatic rings. The molecule has 42 heavy (non-hydrogen) atoms. The van der Waals surface area contributed by atoms with Crippen LogP contribution in [0, 0.1) is 5.92 Å². The number of rotatable bonds is 11. The molecule has 0 spiro atoms. The molecule has 0 fully saturated rings. The summed E-state index contributed by atoms with van der Waals surface area (Å²) in [4.78, 5) is 40.7. The van der Waals surface area contributed by atoms with Gasteiger partial charge in [-0.25, -0.2) is 0 Å². The smallest absolute Gasteiger partial charge is 0.305 e. The number of carbonyl (C=O) groups excluding carboxylic acids is 3. The molecule has 1 unspecified atom stereocenters. The maximum Gasteiger partial charge on any atom is 0.305 e. The van der Waals surface area contributed by atoms with Gasteiger partial charge in [-0.05, 0) is 80.0 Å². The van der Waals surface area contributed by atoms with Gasteiger partial charge in [0.05, 0.1) is 12.6 Å². The van der Waals surface area contributed by atoms with Crippen LogP contribution in [-0.4, -0.2) is 28.8 Å². The van der Waals surface area contributed by atoms with E-state index in [1.165, 1.54) is 5.56 Å². The first kappa shape index (κ1) is 29.3. The van der Waals surface area contributed by atoms with Crippen LogP contribution in [0.25, 0.3) is 10.9 Å². The molecule has 1 aromatic heterocycles. The molecular formula is C36H40N2O4. The van der Waals surface area contributed by atoms with Crippen LogP contribution in [0.3, 0.4) is 0 Å². The summed E-state index contributed by atoms with van der Waals surface area (Å²) in [6.45, 7) is 9.29. The first-order valence-corrected chi connectivity index (χ1v) is 15.1. The average Bonchev–Trinajstić information content (AvgIpc) is 3.35. The van der Waals surface area contributed by atoms with Gasteiger partial charge >= 0.3 is 5.97 Å². The number of para-hydroxylation sites is 1. The van der Waals surface area contributed by atoms with E-state index in [0.717, 1.165) is 34.1 Å². The van der Waals surface area contributed by atoms with Gasteiger partial charge in [0.1, 0.15) is 0 Å². The number of benzene rings is 3. The SMILES string of the molecule is CCOC(=O)CCCn1cc(C(=O)c2ccc3c(c2)CCC(=O)N3C(C)c2ccc(CC(C)C)cc2)c2ccccc21. The average molecular weight is 565 g/mol. The fraction of sp³-hybridized carbons (Fsp3) is 0.361. The van der Waals surface area contributed by atoms with Gasteiger partial charge in [0.15, 0.2) is 5.78 Å². The van der Waals surface area contributed by atoms with Crippen molar-refractivity contribution in [2.45, 2.75) is 72.4 Å². The maximum atomic E-state index is 13.9. The zero-order chi connectivity index (χ0) is 29.8. The molecule has 2 heterocycles. The van der Waals surface area contributed by atoms with Crippen LogP contribution in [0.1, 0.15) is 85.6 Å². The molecule has 0 aliphatic carbocycles. The first-order valence-electron chi connectivity index (χ1n) is 15.1. The maximum absolute atomic E-state index is 13.9. The van der Waals surface area contributed by atoms with Gasteiger partial charge in [0.25, 0.3) is 0 Å². The second-order valence-corrected chi connectivity index (χ2v) is 11.6. The first-order chi connectivity index (χ1) is 20.3. The third-order valence-electron chi connectivity index (χ3n) is 8.09. The third-order valence-corrected chi connectivity index (χ3v) is 8.09. The fourth-order valence-corrected chi connectivity index (χ4v) is 6.03. The second kappa shape index (κ2) is 12.8. The van der Waals surface area contributed by atoms with Crippen molar-refractivity contribution < 1.29 is 19.1 Å². The Hall–Kier alpha value is -4.19. The van der Waals surface area contributed by atoms with Gasteiger partial charge in [-0.2, -0.15) is 0 Å². The number of anilines is 1. The molecule has 218 valence electrons. The number of ketones is 1. The van der Waals surface area contributed by atoms with Crippen LogP contribution in [0.4, 0.5) is 5.69 Å². The van der Waals surface area contributed by atoms with Crippen molar-refractivity contribution in [1.82, 2.24) is 4.57 Å². The highest BCUT2D eigenvalue weighted by molar-refractivity contribution is 6.17. The standard InChI is InChI=1S/C36H40N2O4/c1-5-42-35(40)11-8-20-37-23-31(30-9-6-7-10-33(30)37)36(41)29-16-18-32-28(22-29)17-19-34(39)38(32)25(4)27-14-12-26(13-15-27)21-24(2)3/h6-7,9-10,12-16,18,22-25H,5,8,11,17,19-21H2,1-4H3. The van der Waals surface area contributed by atoms with Crippen molar-refractivity contribution in [3.8, 4) is 0 Å². The van der Waals surface area contributed by atoms with Crippen LogP contribution in [0.5, 0.6) is 0 Å². The van der Waals surface area contributed by atoms with Gasteiger partial charge in [-0.3, -0.25) is 14.4 Å². The number of amides is 1. The Kier molecular flexibility index (Phi) is 8.91. The number of carbonyl (C=O) groups is 3. The van der Waals surface area contributed by atoms with E-state index in [9.17, 15) is 14.4 Å². The van der Waals surface area contributed by atoms with Crippen molar-refractivity contribution >= 4 is 34.3 Å². The van der Waals surface area contributed by atoms with Crippen LogP contribution >= 0.6 is 0 Å². The summed E-state index contributed by atoms with van der Waals surface area (Å²) in [5, 5.41) is 0.891. The molecule has 1 atom stereocenters. The summed E-state index contributed by atoms with van der Waals surface area (Å²) in [5.41, 5.74) is 6.51. The lowest BCUT2D eigenvalue weighted by molar-refractivity contribution is -0.143. The normalized spacial score (nSPS) is 13.8. The molecule has 3 aromatic carbocycles. The molecule has 6 nitrogen and oxygen atoms in total. The minimum absolute atomic E-state index is 0.0459. The third kappa shape index (κ3) is 6.18. The zero-order valence-corrected chi connectivity index (χ0v) is 25.1. The number of fused-ring (bicyclic) bond motifs is 2. The predicted molar refractivity (Wildman–Crippen MR) is 167 cm³/mol. The molecular weight excluding hydrogens is 524 g/mol. The van der Waals surface area contributed by atoms with Gasteiger partial charge in [-0.1, -0.05) is 56.3 Å². The van der Waals surface area contributed by atoms with Crippen molar-refractivity contribution in [1.29, 1.82) is 0 Å². The topological polar surface area (TPSA) is 68.6 Å².